The van der Waals surface area contributed by atoms with Crippen LogP contribution in [-0.2, 0) is 14.8 Å². The van der Waals surface area contributed by atoms with Gasteiger partial charge in [-0.05, 0) is 19.1 Å². The van der Waals surface area contributed by atoms with Crippen LogP contribution in [0.2, 0.25) is 0 Å². The van der Waals surface area contributed by atoms with Crippen LogP contribution in [-0.4, -0.2) is 35.7 Å². The second kappa shape index (κ2) is 5.36. The molecule has 1 aromatic carbocycles. The van der Waals surface area contributed by atoms with Crippen LogP contribution in [0.5, 0.6) is 0 Å². The fourth-order valence-corrected chi connectivity index (χ4v) is 4.06. The first-order valence-corrected chi connectivity index (χ1v) is 8.61. The third kappa shape index (κ3) is 2.47. The molecule has 0 atom stereocenters. The normalized spacial score (nSPS) is 18.7. The molecule has 9 heteroatoms. The Labute approximate surface area is 141 Å². The van der Waals surface area contributed by atoms with Crippen molar-refractivity contribution >= 4 is 38.2 Å². The maximum Gasteiger partial charge on any atom is 0.278 e. The zero-order valence-corrected chi connectivity index (χ0v) is 13.4. The van der Waals surface area contributed by atoms with E-state index >= 15 is 0 Å². The lowest BCUT2D eigenvalue weighted by atomic mass is 10.1. The van der Waals surface area contributed by atoms with Crippen LogP contribution < -0.4 is 5.32 Å². The van der Waals surface area contributed by atoms with Crippen molar-refractivity contribution in [2.75, 3.05) is 12.3 Å². The number of carbonyl (C=O) groups excluding carboxylic acids is 1. The average Bonchev–Trinajstić information content (AvgIpc) is 2.94. The standard InChI is InChI=1S/C14H13N3O4S2/c1-8-7-15-14(22-8)16-13(19)11-12(18)9-5-3-4-6-10(9)23(20,21)17(11)2/h3-7,18H,1-2H3,(H,15,16,19)/i2+1D3. The molecular weight excluding hydrogens is 339 g/mol. The summed E-state index contributed by atoms with van der Waals surface area (Å²) in [5.41, 5.74) is -1.02. The number of benzene rings is 1. The molecule has 0 saturated heterocycles. The summed E-state index contributed by atoms with van der Waals surface area (Å²) in [6.45, 7) is -1.47. The van der Waals surface area contributed by atoms with Gasteiger partial charge >= 0.3 is 0 Å². The highest BCUT2D eigenvalue weighted by Crippen LogP contribution is 2.34. The topological polar surface area (TPSA) is 99.6 Å². The van der Waals surface area contributed by atoms with Crippen molar-refractivity contribution in [2.24, 2.45) is 0 Å². The number of anilines is 1. The molecule has 1 aromatic heterocycles. The van der Waals surface area contributed by atoms with Crippen LogP contribution in [0.3, 0.4) is 0 Å². The average molecular weight is 355 g/mol. The van der Waals surface area contributed by atoms with Crippen LogP contribution in [0.15, 0.2) is 41.1 Å². The van der Waals surface area contributed by atoms with E-state index in [-0.39, 0.29) is 15.0 Å². The minimum absolute atomic E-state index is 0.0343. The molecule has 0 bridgehead atoms. The van der Waals surface area contributed by atoms with E-state index in [4.69, 9.17) is 4.11 Å². The summed E-state index contributed by atoms with van der Waals surface area (Å²) < 4.78 is 48.2. The number of hydrogen-bond acceptors (Lipinski definition) is 6. The van der Waals surface area contributed by atoms with Crippen molar-refractivity contribution in [3.63, 3.8) is 0 Å². The zero-order valence-electron chi connectivity index (χ0n) is 14.8. The van der Waals surface area contributed by atoms with E-state index in [0.29, 0.717) is 0 Å². The zero-order chi connectivity index (χ0) is 19.3. The molecule has 7 nitrogen and oxygen atoms in total. The quantitative estimate of drug-likeness (QED) is 0.802. The number of nitrogens with zero attached hydrogens (tertiary/aromatic N) is 2. The third-order valence-electron chi connectivity index (χ3n) is 3.14. The number of rotatable bonds is 2. The molecule has 1 amide bonds. The Hall–Kier alpha value is -2.39. The van der Waals surface area contributed by atoms with E-state index in [2.05, 4.69) is 10.3 Å². The highest BCUT2D eigenvalue weighted by Gasteiger charge is 2.37. The molecule has 0 saturated carbocycles. The summed E-state index contributed by atoms with van der Waals surface area (Å²) in [6.07, 6.45) is 1.49. The fraction of sp³-hybridized carbons (Fsp3) is 0.143. The van der Waals surface area contributed by atoms with E-state index in [1.807, 2.05) is 0 Å². The predicted molar refractivity (Wildman–Crippen MR) is 86.4 cm³/mol. The highest BCUT2D eigenvalue weighted by atomic mass is 32.2. The Morgan fingerprint density at radius 1 is 1.43 bits per heavy atom. The summed E-state index contributed by atoms with van der Waals surface area (Å²) in [4.78, 5) is 16.9. The van der Waals surface area contributed by atoms with Gasteiger partial charge in [-0.1, -0.05) is 12.1 Å². The second-order valence-electron chi connectivity index (χ2n) is 4.69. The smallest absolute Gasteiger partial charge is 0.278 e. The number of aryl methyl sites for hydroxylation is 1. The molecule has 3 rings (SSSR count). The van der Waals surface area contributed by atoms with Crippen LogP contribution in [0, 0.1) is 6.92 Å². The van der Waals surface area contributed by atoms with Gasteiger partial charge in [0.1, 0.15) is 0 Å². The van der Waals surface area contributed by atoms with Gasteiger partial charge in [0.05, 0.1) is 4.90 Å². The molecule has 0 aliphatic carbocycles. The van der Waals surface area contributed by atoms with Crippen LogP contribution in [0.4, 0.5) is 5.13 Å². The number of aliphatic hydroxyl groups is 1. The largest absolute Gasteiger partial charge is 0.505 e. The third-order valence-corrected chi connectivity index (χ3v) is 5.55. The SMILES string of the molecule is [2H][13C]([2H])([2H])N1C(C(=O)Nc2ncc(C)s2)=C(O)c2ccccc2S1(=O)=O. The van der Waals surface area contributed by atoms with E-state index < -0.39 is 39.3 Å². The lowest BCUT2D eigenvalue weighted by Crippen LogP contribution is -2.37. The molecule has 2 heterocycles. The lowest BCUT2D eigenvalue weighted by Gasteiger charge is -2.28. The molecule has 1 aliphatic rings. The van der Waals surface area contributed by atoms with E-state index in [9.17, 15) is 18.3 Å². The number of carbonyl (C=O) groups is 1. The van der Waals surface area contributed by atoms with Crippen molar-refractivity contribution < 1.29 is 22.4 Å². The molecule has 1 aliphatic heterocycles. The van der Waals surface area contributed by atoms with Crippen molar-refractivity contribution in [1.29, 1.82) is 0 Å². The summed E-state index contributed by atoms with van der Waals surface area (Å²) in [5.74, 6) is -1.83. The molecular formula is C14H13N3O4S2. The highest BCUT2D eigenvalue weighted by molar-refractivity contribution is 7.89. The molecule has 2 N–H and O–H groups in total. The van der Waals surface area contributed by atoms with Gasteiger partial charge in [-0.3, -0.25) is 14.4 Å². The van der Waals surface area contributed by atoms with Gasteiger partial charge in [-0.15, -0.1) is 11.3 Å². The number of hydrogen-bond donors (Lipinski definition) is 2. The Bertz CT molecular complexity index is 1030. The molecule has 2 aromatic rings. The number of aromatic nitrogens is 1. The minimum Gasteiger partial charge on any atom is -0.505 e. The van der Waals surface area contributed by atoms with E-state index in [1.165, 1.54) is 30.5 Å². The number of thiazole rings is 1. The number of nitrogens with one attached hydrogen (secondary N) is 1. The number of amides is 1. The molecule has 23 heavy (non-hydrogen) atoms. The van der Waals surface area contributed by atoms with E-state index in [0.717, 1.165) is 16.2 Å². The Balaban J connectivity index is 2.20. The predicted octanol–water partition coefficient (Wildman–Crippen LogP) is 1.95. The number of sulfonamides is 1. The molecule has 0 fully saturated rings. The summed E-state index contributed by atoms with van der Waals surface area (Å²) >= 11 is 1.12. The maximum absolute atomic E-state index is 12.8. The molecule has 0 spiro atoms. The lowest BCUT2D eigenvalue weighted by molar-refractivity contribution is -0.113. The summed E-state index contributed by atoms with van der Waals surface area (Å²) in [6, 6.07) is 5.32. The van der Waals surface area contributed by atoms with Gasteiger partial charge in [0, 0.05) is 27.7 Å². The van der Waals surface area contributed by atoms with Crippen molar-refractivity contribution in [3.05, 3.63) is 46.6 Å². The number of likely N-dealkylation sites (N-methyl/N-ethyl adjacent to an activating group) is 1. The second-order valence-corrected chi connectivity index (χ2v) is 7.68. The summed E-state index contributed by atoms with van der Waals surface area (Å²) in [5, 5.41) is 13.0. The first kappa shape index (κ1) is 12.1. The number of aliphatic hydroxyl groups excluding tert-OH is 1. The van der Waals surface area contributed by atoms with Crippen molar-refractivity contribution in [2.45, 2.75) is 11.8 Å². The Kier molecular flexibility index (Phi) is 2.81. The van der Waals surface area contributed by atoms with Crippen LogP contribution >= 0.6 is 11.3 Å². The Morgan fingerprint density at radius 2 is 2.17 bits per heavy atom. The van der Waals surface area contributed by atoms with Crippen molar-refractivity contribution in [3.8, 4) is 0 Å². The maximum atomic E-state index is 12.8. The van der Waals surface area contributed by atoms with Gasteiger partial charge in [-0.2, -0.15) is 0 Å². The van der Waals surface area contributed by atoms with Crippen molar-refractivity contribution in [1.82, 2.24) is 9.29 Å². The van der Waals surface area contributed by atoms with Gasteiger partial charge in [0.15, 0.2) is 16.6 Å². The molecule has 0 unspecified atom stereocenters. The Morgan fingerprint density at radius 3 is 2.83 bits per heavy atom. The summed E-state index contributed by atoms with van der Waals surface area (Å²) in [7, 11) is -4.58. The van der Waals surface area contributed by atoms with Gasteiger partial charge in [-0.25, -0.2) is 13.4 Å². The first-order chi connectivity index (χ1) is 12.0. The minimum atomic E-state index is -4.58. The monoisotopic (exact) mass is 355 g/mol. The van der Waals surface area contributed by atoms with E-state index in [1.54, 1.807) is 6.92 Å². The van der Waals surface area contributed by atoms with Crippen LogP contribution in [0.25, 0.3) is 5.76 Å². The molecule has 0 radical (unpaired) electrons. The first-order valence-electron chi connectivity index (χ1n) is 7.85. The number of fused-ring (bicyclic) bond motifs is 1. The fourth-order valence-electron chi connectivity index (χ4n) is 2.10. The van der Waals surface area contributed by atoms with Gasteiger partial charge < -0.3 is 5.11 Å². The molecule has 120 valence electrons. The van der Waals surface area contributed by atoms with Gasteiger partial charge in [0.2, 0.25) is 0 Å². The van der Waals surface area contributed by atoms with Gasteiger partial charge in [0.25, 0.3) is 15.9 Å². The van der Waals surface area contributed by atoms with Crippen LogP contribution in [0.1, 0.15) is 14.6 Å².